The van der Waals surface area contributed by atoms with E-state index in [9.17, 15) is 0 Å². The van der Waals surface area contributed by atoms with Crippen LogP contribution in [-0.2, 0) is 0 Å². The summed E-state index contributed by atoms with van der Waals surface area (Å²) in [5, 5.41) is 1.94. The molecule has 9 aromatic carbocycles. The molecule has 11 rings (SSSR count). The van der Waals surface area contributed by atoms with Crippen molar-refractivity contribution in [1.82, 2.24) is 15.0 Å². The summed E-state index contributed by atoms with van der Waals surface area (Å²) in [5.74, 6) is 1.78. The van der Waals surface area contributed by atoms with Gasteiger partial charge in [0.2, 0.25) is 0 Å². The second-order valence-corrected chi connectivity index (χ2v) is 15.1. The summed E-state index contributed by atoms with van der Waals surface area (Å²) in [6.45, 7) is 4.00. The number of furan rings is 1. The third kappa shape index (κ3) is 7.60. The normalized spacial score (nSPS) is 11.0. The van der Waals surface area contributed by atoms with Crippen molar-refractivity contribution in [1.29, 1.82) is 0 Å². The highest BCUT2D eigenvalue weighted by atomic mass is 16.3. The zero-order chi connectivity index (χ0) is 42.5. The van der Waals surface area contributed by atoms with Crippen LogP contribution in [0.15, 0.2) is 229 Å². The van der Waals surface area contributed by atoms with Crippen LogP contribution in [0.2, 0.25) is 0 Å². The van der Waals surface area contributed by atoms with Gasteiger partial charge in [0.1, 0.15) is 11.2 Å². The lowest BCUT2D eigenvalue weighted by atomic mass is 9.88. The standard InChI is InChI=1S/C57H37N3O.C2H6/c1-5-18-38(19-6-1)39-32-34-43(35-33-39)56-58-55(42-24-11-4-12-25-42)59-57(60-56)49-30-17-31-52-53(49)51-37-44(47-28-14-13-26-45(47)40-20-7-2-8-21-40)36-50(54(51)61-52)48-29-16-15-27-46(48)41-22-9-3-10-23-41;1-2/h1-37H;1-2H3. The van der Waals surface area contributed by atoms with Crippen LogP contribution in [0.5, 0.6) is 0 Å². The summed E-state index contributed by atoms with van der Waals surface area (Å²) in [4.78, 5) is 15.5. The van der Waals surface area contributed by atoms with Gasteiger partial charge in [-0.3, -0.25) is 0 Å². The maximum absolute atomic E-state index is 7.01. The van der Waals surface area contributed by atoms with Crippen LogP contribution >= 0.6 is 0 Å². The highest BCUT2D eigenvalue weighted by molar-refractivity contribution is 6.17. The minimum absolute atomic E-state index is 0.575. The molecular formula is C59H43N3O. The molecule has 0 fully saturated rings. The monoisotopic (exact) mass is 809 g/mol. The molecule has 2 heterocycles. The zero-order valence-electron chi connectivity index (χ0n) is 35.1. The van der Waals surface area contributed by atoms with E-state index in [1.165, 1.54) is 0 Å². The fourth-order valence-electron chi connectivity index (χ4n) is 8.45. The maximum Gasteiger partial charge on any atom is 0.164 e. The number of aromatic nitrogens is 3. The van der Waals surface area contributed by atoms with E-state index in [0.29, 0.717) is 17.5 Å². The fraction of sp³-hybridized carbons (Fsp3) is 0.0339. The Hall–Kier alpha value is -8.21. The summed E-state index contributed by atoms with van der Waals surface area (Å²) >= 11 is 0. The van der Waals surface area contributed by atoms with Crippen molar-refractivity contribution in [2.45, 2.75) is 13.8 Å². The van der Waals surface area contributed by atoms with Crippen molar-refractivity contribution in [3.05, 3.63) is 224 Å². The number of fused-ring (bicyclic) bond motifs is 3. The molecule has 0 N–H and O–H groups in total. The van der Waals surface area contributed by atoms with Gasteiger partial charge < -0.3 is 4.42 Å². The Balaban J connectivity index is 0.00000232. The molecule has 0 unspecified atom stereocenters. The first-order valence-corrected chi connectivity index (χ1v) is 21.5. The van der Waals surface area contributed by atoms with E-state index < -0.39 is 0 Å². The first-order chi connectivity index (χ1) is 31.2. The Bertz CT molecular complexity index is 3330. The Labute approximate surface area is 367 Å². The number of hydrogen-bond donors (Lipinski definition) is 0. The predicted octanol–water partition coefficient (Wildman–Crippen LogP) is 16.1. The van der Waals surface area contributed by atoms with Crippen LogP contribution in [0, 0.1) is 0 Å². The van der Waals surface area contributed by atoms with E-state index >= 15 is 0 Å². The smallest absolute Gasteiger partial charge is 0.164 e. The van der Waals surface area contributed by atoms with Crippen molar-refractivity contribution in [2.24, 2.45) is 0 Å². The van der Waals surface area contributed by atoms with Gasteiger partial charge in [-0.1, -0.05) is 220 Å². The van der Waals surface area contributed by atoms with Crippen LogP contribution in [0.3, 0.4) is 0 Å². The van der Waals surface area contributed by atoms with E-state index in [2.05, 4.69) is 176 Å². The predicted molar refractivity (Wildman–Crippen MR) is 262 cm³/mol. The van der Waals surface area contributed by atoms with E-state index in [1.807, 2.05) is 62.4 Å². The van der Waals surface area contributed by atoms with Crippen molar-refractivity contribution in [3.63, 3.8) is 0 Å². The number of nitrogens with zero attached hydrogens (tertiary/aromatic N) is 3. The van der Waals surface area contributed by atoms with Gasteiger partial charge >= 0.3 is 0 Å². The lowest BCUT2D eigenvalue weighted by molar-refractivity contribution is 0.670. The van der Waals surface area contributed by atoms with Crippen LogP contribution in [0.25, 0.3) is 112 Å². The van der Waals surface area contributed by atoms with Crippen molar-refractivity contribution >= 4 is 21.9 Å². The summed E-state index contributed by atoms with van der Waals surface area (Å²) in [5.41, 5.74) is 15.4. The van der Waals surface area contributed by atoms with Gasteiger partial charge in [0.25, 0.3) is 0 Å². The number of rotatable bonds is 8. The van der Waals surface area contributed by atoms with Gasteiger partial charge in [0, 0.05) is 33.0 Å². The Morgan fingerprint density at radius 2 is 0.683 bits per heavy atom. The third-order valence-electron chi connectivity index (χ3n) is 11.4. The van der Waals surface area contributed by atoms with Crippen molar-refractivity contribution in [3.8, 4) is 89.8 Å². The van der Waals surface area contributed by atoms with Crippen LogP contribution in [-0.4, -0.2) is 15.0 Å². The number of hydrogen-bond acceptors (Lipinski definition) is 4. The zero-order valence-corrected chi connectivity index (χ0v) is 35.1. The first-order valence-electron chi connectivity index (χ1n) is 21.5. The van der Waals surface area contributed by atoms with Gasteiger partial charge in [0.05, 0.1) is 0 Å². The molecule has 0 atom stereocenters. The van der Waals surface area contributed by atoms with E-state index in [0.717, 1.165) is 94.3 Å². The third-order valence-corrected chi connectivity index (χ3v) is 11.4. The van der Waals surface area contributed by atoms with Gasteiger partial charge in [0.15, 0.2) is 17.5 Å². The largest absolute Gasteiger partial charge is 0.455 e. The van der Waals surface area contributed by atoms with Crippen LogP contribution in [0.1, 0.15) is 13.8 Å². The lowest BCUT2D eigenvalue weighted by Gasteiger charge is -2.15. The van der Waals surface area contributed by atoms with Gasteiger partial charge in [-0.15, -0.1) is 0 Å². The Kier molecular flexibility index (Phi) is 10.8. The fourth-order valence-corrected chi connectivity index (χ4v) is 8.45. The molecule has 0 aliphatic carbocycles. The average molecular weight is 810 g/mol. The molecule has 63 heavy (non-hydrogen) atoms. The van der Waals surface area contributed by atoms with Gasteiger partial charge in [-0.25, -0.2) is 15.0 Å². The topological polar surface area (TPSA) is 51.8 Å². The van der Waals surface area contributed by atoms with Crippen molar-refractivity contribution < 1.29 is 4.42 Å². The quantitative estimate of drug-likeness (QED) is 0.153. The van der Waals surface area contributed by atoms with E-state index in [1.54, 1.807) is 0 Å². The molecule has 0 bridgehead atoms. The molecule has 2 aromatic heterocycles. The molecule has 0 saturated heterocycles. The SMILES string of the molecule is CC.c1ccc(-c2ccc(-c3nc(-c4ccccc4)nc(-c4cccc5oc6c(-c7ccccc7-c7ccccc7)cc(-c7ccccc7-c7ccccc7)cc6c45)n3)cc2)cc1. The second kappa shape index (κ2) is 17.4. The highest BCUT2D eigenvalue weighted by Gasteiger charge is 2.23. The minimum Gasteiger partial charge on any atom is -0.455 e. The molecule has 0 radical (unpaired) electrons. The van der Waals surface area contributed by atoms with E-state index in [-0.39, 0.29) is 0 Å². The molecule has 4 heteroatoms. The Morgan fingerprint density at radius 1 is 0.286 bits per heavy atom. The van der Waals surface area contributed by atoms with Gasteiger partial charge in [-0.05, 0) is 68.3 Å². The molecule has 0 amide bonds. The minimum atomic E-state index is 0.575. The molecule has 300 valence electrons. The van der Waals surface area contributed by atoms with Crippen molar-refractivity contribution in [2.75, 3.05) is 0 Å². The van der Waals surface area contributed by atoms with Crippen LogP contribution < -0.4 is 0 Å². The average Bonchev–Trinajstić information content (AvgIpc) is 3.77. The first kappa shape index (κ1) is 39.0. The summed E-state index contributed by atoms with van der Waals surface area (Å²) in [6.07, 6.45) is 0. The molecule has 11 aromatic rings. The summed E-state index contributed by atoms with van der Waals surface area (Å²) in [6, 6.07) is 78.1. The molecule has 4 nitrogen and oxygen atoms in total. The molecule has 0 saturated carbocycles. The highest BCUT2D eigenvalue weighted by Crippen LogP contribution is 2.46. The maximum atomic E-state index is 7.01. The lowest BCUT2D eigenvalue weighted by Crippen LogP contribution is -2.00. The van der Waals surface area contributed by atoms with Crippen LogP contribution in [0.4, 0.5) is 0 Å². The summed E-state index contributed by atoms with van der Waals surface area (Å²) in [7, 11) is 0. The molecule has 0 aliphatic heterocycles. The van der Waals surface area contributed by atoms with E-state index in [4.69, 9.17) is 19.4 Å². The Morgan fingerprint density at radius 3 is 1.25 bits per heavy atom. The molecular weight excluding hydrogens is 767 g/mol. The molecule has 0 aliphatic rings. The molecule has 0 spiro atoms. The summed E-state index contributed by atoms with van der Waals surface area (Å²) < 4.78 is 7.01. The van der Waals surface area contributed by atoms with Gasteiger partial charge in [-0.2, -0.15) is 0 Å². The number of benzene rings is 9. The second-order valence-electron chi connectivity index (χ2n) is 15.1.